The van der Waals surface area contributed by atoms with Crippen LogP contribution < -0.4 is 4.74 Å². The summed E-state index contributed by atoms with van der Waals surface area (Å²) in [4.78, 5) is 0. The zero-order chi connectivity index (χ0) is 13.4. The maximum atomic E-state index is 12.4. The fraction of sp³-hybridized carbons (Fsp3) is 0.333. The lowest BCUT2D eigenvalue weighted by molar-refractivity contribution is -0.274. The van der Waals surface area contributed by atoms with E-state index >= 15 is 0 Å². The minimum Gasteiger partial charge on any atom is -0.406 e. The zero-order valence-electron chi connectivity index (χ0n) is 8.21. The largest absolute Gasteiger partial charge is 0.573 e. The van der Waals surface area contributed by atoms with E-state index in [-0.39, 0.29) is 0 Å². The molecule has 0 saturated carbocycles. The molecular formula is C9H5ClF6O. The number of halogens is 7. The number of ether oxygens (including phenoxy) is 1. The van der Waals surface area contributed by atoms with Gasteiger partial charge in [0.05, 0.1) is 10.6 Å². The molecular weight excluding hydrogens is 274 g/mol. The van der Waals surface area contributed by atoms with Crippen LogP contribution in [0.3, 0.4) is 0 Å². The van der Waals surface area contributed by atoms with E-state index in [1.807, 2.05) is 0 Å². The summed E-state index contributed by atoms with van der Waals surface area (Å²) in [6, 6.07) is 1.10. The van der Waals surface area contributed by atoms with Gasteiger partial charge in [0.25, 0.3) is 0 Å². The first-order valence-electron chi connectivity index (χ1n) is 4.14. The van der Waals surface area contributed by atoms with E-state index in [4.69, 9.17) is 11.6 Å². The predicted molar refractivity (Wildman–Crippen MR) is 47.9 cm³/mol. The number of hydrogen-bond donors (Lipinski definition) is 0. The lowest BCUT2D eigenvalue weighted by atomic mass is 10.1. The molecule has 0 aliphatic heterocycles. The zero-order valence-corrected chi connectivity index (χ0v) is 8.96. The molecule has 0 aliphatic carbocycles. The predicted octanol–water partition coefficient (Wildman–Crippen LogP) is 4.57. The Bertz CT molecular complexity index is 399. The maximum Gasteiger partial charge on any atom is 0.573 e. The van der Waals surface area contributed by atoms with Crippen molar-refractivity contribution in [1.29, 1.82) is 0 Å². The molecule has 0 saturated heterocycles. The van der Waals surface area contributed by atoms with Gasteiger partial charge in [-0.3, -0.25) is 0 Å². The normalized spacial score (nSPS) is 12.7. The van der Waals surface area contributed by atoms with Crippen LogP contribution in [-0.4, -0.2) is 6.36 Å². The molecule has 0 N–H and O–H groups in total. The molecule has 0 aliphatic rings. The van der Waals surface area contributed by atoms with Gasteiger partial charge in [-0.15, -0.1) is 13.2 Å². The molecule has 0 aromatic heterocycles. The van der Waals surface area contributed by atoms with Crippen molar-refractivity contribution in [1.82, 2.24) is 0 Å². The van der Waals surface area contributed by atoms with Crippen molar-refractivity contribution < 1.29 is 31.1 Å². The van der Waals surface area contributed by atoms with Crippen molar-refractivity contribution in [2.24, 2.45) is 0 Å². The van der Waals surface area contributed by atoms with Crippen LogP contribution in [0.1, 0.15) is 11.1 Å². The molecule has 0 atom stereocenters. The molecule has 0 radical (unpaired) electrons. The minimum absolute atomic E-state index is 0.441. The summed E-state index contributed by atoms with van der Waals surface area (Å²) in [6.07, 6.45) is -9.70. The second kappa shape index (κ2) is 4.29. The van der Waals surface area contributed by atoms with Crippen molar-refractivity contribution in [2.75, 3.05) is 0 Å². The molecule has 1 aromatic carbocycles. The quantitative estimate of drug-likeness (QED) is 0.684. The van der Waals surface area contributed by atoms with Crippen LogP contribution in [-0.2, 0) is 6.18 Å². The van der Waals surface area contributed by atoms with Crippen LogP contribution in [0.4, 0.5) is 26.3 Å². The topological polar surface area (TPSA) is 9.23 Å². The van der Waals surface area contributed by atoms with Gasteiger partial charge >= 0.3 is 12.5 Å². The van der Waals surface area contributed by atoms with Crippen molar-refractivity contribution >= 4 is 11.6 Å². The summed E-state index contributed by atoms with van der Waals surface area (Å²) in [5.74, 6) is -0.784. The number of alkyl halides is 6. The molecule has 0 bridgehead atoms. The molecule has 96 valence electrons. The molecule has 8 heteroatoms. The van der Waals surface area contributed by atoms with Crippen LogP contribution in [0.15, 0.2) is 12.1 Å². The van der Waals surface area contributed by atoms with Gasteiger partial charge in [0.2, 0.25) is 0 Å². The third-order valence-corrected chi connectivity index (χ3v) is 2.08. The van der Waals surface area contributed by atoms with Gasteiger partial charge in [0.15, 0.2) is 0 Å². The van der Waals surface area contributed by atoms with Crippen molar-refractivity contribution in [3.05, 3.63) is 28.3 Å². The first-order chi connectivity index (χ1) is 7.50. The van der Waals surface area contributed by atoms with Crippen molar-refractivity contribution in [2.45, 2.75) is 19.5 Å². The molecule has 17 heavy (non-hydrogen) atoms. The molecule has 0 spiro atoms. The molecule has 1 nitrogen and oxygen atoms in total. The van der Waals surface area contributed by atoms with Crippen LogP contribution in [0.5, 0.6) is 5.75 Å². The Morgan fingerprint density at radius 2 is 1.59 bits per heavy atom. The first-order valence-corrected chi connectivity index (χ1v) is 4.51. The van der Waals surface area contributed by atoms with E-state index in [0.29, 0.717) is 12.1 Å². The SMILES string of the molecule is Cc1cc(OC(F)(F)F)cc(Cl)c1C(F)(F)F. The molecule has 0 fully saturated rings. The summed E-state index contributed by atoms with van der Waals surface area (Å²) < 4.78 is 76.3. The molecule has 1 aromatic rings. The third kappa shape index (κ3) is 3.69. The fourth-order valence-corrected chi connectivity index (χ4v) is 1.63. The van der Waals surface area contributed by atoms with Gasteiger partial charge in [-0.2, -0.15) is 13.2 Å². The number of benzene rings is 1. The monoisotopic (exact) mass is 278 g/mol. The molecule has 0 amide bonds. The van der Waals surface area contributed by atoms with Gasteiger partial charge < -0.3 is 4.74 Å². The van der Waals surface area contributed by atoms with Crippen LogP contribution in [0.2, 0.25) is 5.02 Å². The number of hydrogen-bond acceptors (Lipinski definition) is 1. The van der Waals surface area contributed by atoms with Crippen molar-refractivity contribution in [3.63, 3.8) is 0 Å². The lowest BCUT2D eigenvalue weighted by Crippen LogP contribution is -2.18. The Morgan fingerprint density at radius 3 is 1.94 bits per heavy atom. The average Bonchev–Trinajstić information content (AvgIpc) is 1.94. The highest BCUT2D eigenvalue weighted by Crippen LogP contribution is 2.39. The molecule has 0 heterocycles. The smallest absolute Gasteiger partial charge is 0.406 e. The summed E-state index contributed by atoms with van der Waals surface area (Å²) in [5.41, 5.74) is -1.61. The van der Waals surface area contributed by atoms with E-state index in [9.17, 15) is 26.3 Å². The van der Waals surface area contributed by atoms with Gasteiger partial charge in [0, 0.05) is 0 Å². The lowest BCUT2D eigenvalue weighted by Gasteiger charge is -2.15. The average molecular weight is 279 g/mol. The van der Waals surface area contributed by atoms with E-state index in [0.717, 1.165) is 6.92 Å². The Hall–Kier alpha value is -1.11. The Labute approximate surface area is 96.9 Å². The highest BCUT2D eigenvalue weighted by Gasteiger charge is 2.37. The van der Waals surface area contributed by atoms with E-state index < -0.39 is 34.4 Å². The molecule has 0 unspecified atom stereocenters. The van der Waals surface area contributed by atoms with Gasteiger partial charge in [0.1, 0.15) is 5.75 Å². The fourth-order valence-electron chi connectivity index (χ4n) is 1.26. The van der Waals surface area contributed by atoms with Crippen molar-refractivity contribution in [3.8, 4) is 5.75 Å². The van der Waals surface area contributed by atoms with Gasteiger partial charge in [-0.05, 0) is 24.6 Å². The highest BCUT2D eigenvalue weighted by molar-refractivity contribution is 6.31. The van der Waals surface area contributed by atoms with Crippen LogP contribution in [0, 0.1) is 6.92 Å². The number of aryl methyl sites for hydroxylation is 1. The van der Waals surface area contributed by atoms with Crippen LogP contribution in [0.25, 0.3) is 0 Å². The first kappa shape index (κ1) is 14.0. The molecule has 1 rings (SSSR count). The van der Waals surface area contributed by atoms with E-state index in [1.54, 1.807) is 0 Å². The number of rotatable bonds is 1. The van der Waals surface area contributed by atoms with Gasteiger partial charge in [-0.25, -0.2) is 0 Å². The minimum atomic E-state index is -4.98. The summed E-state index contributed by atoms with van der Waals surface area (Å²) >= 11 is 5.28. The van der Waals surface area contributed by atoms with Crippen LogP contribution >= 0.6 is 11.6 Å². The Morgan fingerprint density at radius 1 is 1.06 bits per heavy atom. The standard InChI is InChI=1S/C9H5ClF6O/c1-4-2-5(17-9(14,15)16)3-6(10)7(4)8(11,12)13/h2-3H,1H3. The highest BCUT2D eigenvalue weighted by atomic mass is 35.5. The Balaban J connectivity index is 3.19. The second-order valence-corrected chi connectivity index (χ2v) is 3.55. The third-order valence-electron chi connectivity index (χ3n) is 1.78. The van der Waals surface area contributed by atoms with Gasteiger partial charge in [-0.1, -0.05) is 11.6 Å². The Kier molecular flexibility index (Phi) is 3.52. The van der Waals surface area contributed by atoms with E-state index in [1.165, 1.54) is 0 Å². The second-order valence-electron chi connectivity index (χ2n) is 3.14. The summed E-state index contributed by atoms with van der Waals surface area (Å²) in [7, 11) is 0. The van der Waals surface area contributed by atoms with E-state index in [2.05, 4.69) is 4.74 Å². The maximum absolute atomic E-state index is 12.4. The summed E-state index contributed by atoms with van der Waals surface area (Å²) in [5, 5.41) is -0.836. The summed E-state index contributed by atoms with van der Waals surface area (Å²) in [6.45, 7) is 0.998.